The van der Waals surface area contributed by atoms with Gasteiger partial charge in [-0.2, -0.15) is 13.2 Å². The zero-order valence-corrected chi connectivity index (χ0v) is 19.3. The first-order valence-electron chi connectivity index (χ1n) is 10.9. The van der Waals surface area contributed by atoms with Crippen LogP contribution in [0.2, 0.25) is 0 Å². The van der Waals surface area contributed by atoms with Crippen LogP contribution in [0.5, 0.6) is 0 Å². The zero-order valence-electron chi connectivity index (χ0n) is 18.5. The van der Waals surface area contributed by atoms with Gasteiger partial charge in [-0.1, -0.05) is 12.1 Å². The Morgan fingerprint density at radius 1 is 0.943 bits per heavy atom. The van der Waals surface area contributed by atoms with Gasteiger partial charge in [0.05, 0.1) is 17.3 Å². The second kappa shape index (κ2) is 8.81. The van der Waals surface area contributed by atoms with Crippen LogP contribution >= 0.6 is 12.2 Å². The van der Waals surface area contributed by atoms with E-state index >= 15 is 0 Å². The summed E-state index contributed by atoms with van der Waals surface area (Å²) in [5.74, 6) is -0.336. The van der Waals surface area contributed by atoms with E-state index < -0.39 is 23.8 Å². The van der Waals surface area contributed by atoms with E-state index in [0.717, 1.165) is 17.8 Å². The summed E-state index contributed by atoms with van der Waals surface area (Å²) in [7, 11) is 0. The van der Waals surface area contributed by atoms with Crippen LogP contribution in [0.25, 0.3) is 5.69 Å². The van der Waals surface area contributed by atoms with Gasteiger partial charge < -0.3 is 14.8 Å². The fourth-order valence-electron chi connectivity index (χ4n) is 4.41. The Morgan fingerprint density at radius 2 is 1.77 bits per heavy atom. The van der Waals surface area contributed by atoms with Crippen LogP contribution in [-0.2, 0) is 6.18 Å². The molecule has 0 unspecified atom stereocenters. The quantitative estimate of drug-likeness (QED) is 0.258. The van der Waals surface area contributed by atoms with Gasteiger partial charge in [0.1, 0.15) is 11.9 Å². The smallest absolute Gasteiger partial charge is 0.351 e. The third-order valence-electron chi connectivity index (χ3n) is 6.05. The number of anilines is 1. The molecular weight excluding hydrogens is 476 g/mol. The molecule has 0 radical (unpaired) electrons. The van der Waals surface area contributed by atoms with Crippen LogP contribution in [0.15, 0.2) is 85.2 Å². The van der Waals surface area contributed by atoms with Gasteiger partial charge in [0.25, 0.3) is 0 Å². The lowest BCUT2D eigenvalue weighted by Gasteiger charge is -2.29. The number of hydrogen-bond acceptors (Lipinski definition) is 2. The lowest BCUT2D eigenvalue weighted by atomic mass is 10.0. The highest BCUT2D eigenvalue weighted by Gasteiger charge is 2.42. The number of nitrogens with one attached hydrogen (secondary N) is 1. The second-order valence-corrected chi connectivity index (χ2v) is 8.67. The summed E-state index contributed by atoms with van der Waals surface area (Å²) < 4.78 is 56.0. The van der Waals surface area contributed by atoms with Crippen molar-refractivity contribution in [2.45, 2.75) is 25.2 Å². The van der Waals surface area contributed by atoms with Gasteiger partial charge >= 0.3 is 6.18 Å². The lowest BCUT2D eigenvalue weighted by molar-refractivity contribution is -0.137. The van der Waals surface area contributed by atoms with Gasteiger partial charge in [-0.05, 0) is 85.4 Å². The number of benzene rings is 2. The maximum atomic E-state index is 14.0. The Labute approximate surface area is 204 Å². The molecule has 0 amide bonds. The monoisotopic (exact) mass is 496 g/mol. The van der Waals surface area contributed by atoms with E-state index in [-0.39, 0.29) is 5.82 Å². The van der Waals surface area contributed by atoms with Crippen molar-refractivity contribution in [2.75, 3.05) is 4.90 Å². The molecule has 35 heavy (non-hydrogen) atoms. The molecule has 1 aliphatic rings. The zero-order chi connectivity index (χ0) is 24.7. The summed E-state index contributed by atoms with van der Waals surface area (Å²) in [5, 5.41) is 3.72. The predicted molar refractivity (Wildman–Crippen MR) is 130 cm³/mol. The molecule has 4 nitrogen and oxygen atoms in total. The maximum Gasteiger partial charge on any atom is 0.416 e. The molecule has 1 saturated heterocycles. The van der Waals surface area contributed by atoms with Gasteiger partial charge in [0.2, 0.25) is 0 Å². The van der Waals surface area contributed by atoms with E-state index in [1.807, 2.05) is 23.1 Å². The van der Waals surface area contributed by atoms with Gasteiger partial charge in [0.15, 0.2) is 5.11 Å². The van der Waals surface area contributed by atoms with Crippen LogP contribution in [0, 0.1) is 12.7 Å². The van der Waals surface area contributed by atoms with Crippen molar-refractivity contribution in [2.24, 2.45) is 0 Å². The summed E-state index contributed by atoms with van der Waals surface area (Å²) in [6.07, 6.45) is -1.07. The molecule has 2 atom stereocenters. The van der Waals surface area contributed by atoms with Crippen LogP contribution in [0.1, 0.15) is 34.6 Å². The number of aryl methyl sites for hydroxylation is 1. The predicted octanol–water partition coefficient (Wildman–Crippen LogP) is 6.52. The average Bonchev–Trinajstić information content (AvgIpc) is 3.45. The minimum atomic E-state index is -4.46. The standard InChI is InChI=1S/C26H20F4N4S/c1-16-14-19(10-11-20(16)27)34-24(23(32-25(34)35)21-8-2-3-12-31-21)22-9-5-13-33(22)18-7-4-6-17(15-18)26(28,29)30/h2-15,23-24H,1H3,(H,32,35)/t23-,24+/m0/s1. The molecular formula is C26H20F4N4S. The van der Waals surface area contributed by atoms with Crippen molar-refractivity contribution in [3.05, 3.63) is 114 Å². The first kappa shape index (κ1) is 23.0. The highest BCUT2D eigenvalue weighted by atomic mass is 32.1. The SMILES string of the molecule is Cc1cc(N2C(=S)N[C@@H](c3ccccn3)[C@H]2c2cccn2-c2cccc(C(F)(F)F)c2)ccc1F. The van der Waals surface area contributed by atoms with Crippen molar-refractivity contribution in [1.82, 2.24) is 14.9 Å². The summed E-state index contributed by atoms with van der Waals surface area (Å²) in [6, 6.07) is 18.2. The molecule has 9 heteroatoms. The number of alkyl halides is 3. The fourth-order valence-corrected chi connectivity index (χ4v) is 4.76. The molecule has 0 spiro atoms. The summed E-state index contributed by atoms with van der Waals surface area (Å²) >= 11 is 5.69. The molecule has 2 aromatic carbocycles. The third-order valence-corrected chi connectivity index (χ3v) is 6.37. The molecule has 0 saturated carbocycles. The van der Waals surface area contributed by atoms with Crippen molar-refractivity contribution < 1.29 is 17.6 Å². The van der Waals surface area contributed by atoms with Gasteiger partial charge in [-0.3, -0.25) is 4.98 Å². The number of nitrogens with zero attached hydrogens (tertiary/aromatic N) is 3. The number of aromatic nitrogens is 2. The van der Waals surface area contributed by atoms with Crippen LogP contribution in [0.4, 0.5) is 23.2 Å². The van der Waals surface area contributed by atoms with Gasteiger partial charge in [-0.25, -0.2) is 4.39 Å². The normalized spacial score (nSPS) is 18.1. The first-order valence-corrected chi connectivity index (χ1v) is 11.3. The Morgan fingerprint density at radius 3 is 2.49 bits per heavy atom. The average molecular weight is 497 g/mol. The van der Waals surface area contributed by atoms with Crippen LogP contribution in [-0.4, -0.2) is 14.7 Å². The van der Waals surface area contributed by atoms with E-state index in [1.54, 1.807) is 54.2 Å². The first-order chi connectivity index (χ1) is 16.7. The number of hydrogen-bond donors (Lipinski definition) is 1. The Kier molecular flexibility index (Phi) is 5.80. The molecule has 1 N–H and O–H groups in total. The Hall–Kier alpha value is -3.72. The highest BCUT2D eigenvalue weighted by molar-refractivity contribution is 7.80. The van der Waals surface area contributed by atoms with Crippen LogP contribution < -0.4 is 10.2 Å². The third kappa shape index (κ3) is 4.27. The van der Waals surface area contributed by atoms with E-state index in [0.29, 0.717) is 27.7 Å². The number of pyridine rings is 1. The number of rotatable bonds is 4. The maximum absolute atomic E-state index is 14.0. The Bertz CT molecular complexity index is 1380. The van der Waals surface area contributed by atoms with Crippen LogP contribution in [0.3, 0.4) is 0 Å². The highest BCUT2D eigenvalue weighted by Crippen LogP contribution is 2.42. The summed E-state index contributed by atoms with van der Waals surface area (Å²) in [6.45, 7) is 1.67. The fraction of sp³-hybridized carbons (Fsp3) is 0.154. The topological polar surface area (TPSA) is 33.1 Å². The molecule has 178 valence electrons. The number of thiocarbonyl (C=S) groups is 1. The minimum absolute atomic E-state index is 0.336. The largest absolute Gasteiger partial charge is 0.416 e. The molecule has 2 aromatic heterocycles. The lowest BCUT2D eigenvalue weighted by Crippen LogP contribution is -2.30. The summed E-state index contributed by atoms with van der Waals surface area (Å²) in [4.78, 5) is 6.36. The van der Waals surface area contributed by atoms with E-state index in [9.17, 15) is 17.6 Å². The number of halogens is 4. The van der Waals surface area contributed by atoms with Crippen molar-refractivity contribution in [3.8, 4) is 5.69 Å². The van der Waals surface area contributed by atoms with E-state index in [2.05, 4.69) is 10.3 Å². The van der Waals surface area contributed by atoms with E-state index in [4.69, 9.17) is 12.2 Å². The molecule has 4 aromatic rings. The Balaban J connectivity index is 1.67. The van der Waals surface area contributed by atoms with Gasteiger partial charge in [0, 0.05) is 29.5 Å². The second-order valence-electron chi connectivity index (χ2n) is 8.28. The van der Waals surface area contributed by atoms with Crippen molar-refractivity contribution in [3.63, 3.8) is 0 Å². The van der Waals surface area contributed by atoms with E-state index in [1.165, 1.54) is 12.1 Å². The molecule has 3 heterocycles. The van der Waals surface area contributed by atoms with Gasteiger partial charge in [-0.15, -0.1) is 0 Å². The minimum Gasteiger partial charge on any atom is -0.351 e. The molecule has 1 fully saturated rings. The summed E-state index contributed by atoms with van der Waals surface area (Å²) in [5.41, 5.74) is 2.18. The van der Waals surface area contributed by atoms with Crippen molar-refractivity contribution in [1.29, 1.82) is 0 Å². The molecule has 0 bridgehead atoms. The van der Waals surface area contributed by atoms with Crippen molar-refractivity contribution >= 4 is 23.0 Å². The molecule has 1 aliphatic heterocycles. The molecule has 5 rings (SSSR count). The molecule has 0 aliphatic carbocycles.